The molecule has 29 heavy (non-hydrogen) atoms. The van der Waals surface area contributed by atoms with Gasteiger partial charge in [-0.2, -0.15) is 4.98 Å². The summed E-state index contributed by atoms with van der Waals surface area (Å²) in [7, 11) is 0. The van der Waals surface area contributed by atoms with E-state index in [4.69, 9.17) is 16.1 Å². The summed E-state index contributed by atoms with van der Waals surface area (Å²) in [5, 5.41) is 7.67. The van der Waals surface area contributed by atoms with Crippen molar-refractivity contribution in [3.8, 4) is 11.4 Å². The van der Waals surface area contributed by atoms with Crippen LogP contribution in [0.5, 0.6) is 0 Å². The van der Waals surface area contributed by atoms with Crippen LogP contribution in [-0.4, -0.2) is 39.0 Å². The molecule has 0 aliphatic carbocycles. The van der Waals surface area contributed by atoms with Crippen LogP contribution in [0, 0.1) is 5.92 Å². The van der Waals surface area contributed by atoms with Crippen molar-refractivity contribution in [3.63, 3.8) is 0 Å². The van der Waals surface area contributed by atoms with Crippen molar-refractivity contribution in [1.82, 2.24) is 25.3 Å². The topological polar surface area (TPSA) is 84.2 Å². The molecular formula is C21H22ClN5O2. The van der Waals surface area contributed by atoms with E-state index < -0.39 is 0 Å². The fourth-order valence-corrected chi connectivity index (χ4v) is 3.62. The van der Waals surface area contributed by atoms with Gasteiger partial charge in [-0.15, -0.1) is 0 Å². The van der Waals surface area contributed by atoms with E-state index in [2.05, 4.69) is 25.3 Å². The summed E-state index contributed by atoms with van der Waals surface area (Å²) in [5.74, 6) is 1.22. The molecule has 1 saturated heterocycles. The summed E-state index contributed by atoms with van der Waals surface area (Å²) in [6, 6.07) is 13.1. The molecule has 1 aliphatic heterocycles. The Morgan fingerprint density at radius 3 is 2.83 bits per heavy atom. The Bertz CT molecular complexity index is 954. The van der Waals surface area contributed by atoms with Crippen molar-refractivity contribution < 1.29 is 9.32 Å². The number of nitrogens with one attached hydrogen (secondary N) is 1. The molecule has 0 bridgehead atoms. The number of hydrogen-bond donors (Lipinski definition) is 1. The van der Waals surface area contributed by atoms with Gasteiger partial charge in [-0.25, -0.2) is 0 Å². The maximum Gasteiger partial charge on any atom is 0.241 e. The van der Waals surface area contributed by atoms with Gasteiger partial charge < -0.3 is 9.84 Å². The van der Waals surface area contributed by atoms with Crippen LogP contribution in [-0.2, 0) is 17.9 Å². The average molecular weight is 412 g/mol. The number of carbonyl (C=O) groups is 1. The molecule has 1 amide bonds. The molecule has 0 saturated carbocycles. The van der Waals surface area contributed by atoms with E-state index >= 15 is 0 Å². The van der Waals surface area contributed by atoms with E-state index in [1.54, 1.807) is 6.20 Å². The zero-order valence-corrected chi connectivity index (χ0v) is 16.7. The van der Waals surface area contributed by atoms with Gasteiger partial charge in [0.2, 0.25) is 17.6 Å². The number of carbonyl (C=O) groups excluding carboxylic acids is 1. The molecule has 0 unspecified atom stereocenters. The van der Waals surface area contributed by atoms with Crippen molar-refractivity contribution in [2.45, 2.75) is 25.9 Å². The van der Waals surface area contributed by atoms with Gasteiger partial charge in [0.1, 0.15) is 0 Å². The van der Waals surface area contributed by atoms with Crippen molar-refractivity contribution in [1.29, 1.82) is 0 Å². The van der Waals surface area contributed by atoms with E-state index in [0.717, 1.165) is 37.2 Å². The minimum Gasteiger partial charge on any atom is -0.350 e. The lowest BCUT2D eigenvalue weighted by Crippen LogP contribution is -2.40. The average Bonchev–Trinajstić information content (AvgIpc) is 3.22. The predicted octanol–water partition coefficient (Wildman–Crippen LogP) is 3.31. The van der Waals surface area contributed by atoms with Crippen LogP contribution in [0.4, 0.5) is 0 Å². The maximum atomic E-state index is 12.4. The van der Waals surface area contributed by atoms with Gasteiger partial charge in [0.05, 0.1) is 18.8 Å². The molecule has 1 N–H and O–H groups in total. The van der Waals surface area contributed by atoms with E-state index in [0.29, 0.717) is 29.8 Å². The van der Waals surface area contributed by atoms with Gasteiger partial charge in [-0.3, -0.25) is 14.7 Å². The Kier molecular flexibility index (Phi) is 6.17. The largest absolute Gasteiger partial charge is 0.350 e. The van der Waals surface area contributed by atoms with Gasteiger partial charge in [-0.05, 0) is 50.2 Å². The number of nitrogens with zero attached hydrogens (tertiary/aromatic N) is 4. The number of halogens is 1. The lowest BCUT2D eigenvalue weighted by atomic mass is 9.96. The van der Waals surface area contributed by atoms with Gasteiger partial charge >= 0.3 is 0 Å². The monoisotopic (exact) mass is 411 g/mol. The van der Waals surface area contributed by atoms with E-state index in [-0.39, 0.29) is 11.8 Å². The molecule has 1 fully saturated rings. The zero-order valence-electron chi connectivity index (χ0n) is 15.9. The second kappa shape index (κ2) is 9.15. The van der Waals surface area contributed by atoms with Crippen LogP contribution < -0.4 is 5.32 Å². The number of amides is 1. The van der Waals surface area contributed by atoms with E-state index in [9.17, 15) is 4.79 Å². The lowest BCUT2D eigenvalue weighted by molar-refractivity contribution is -0.126. The third-order valence-electron chi connectivity index (χ3n) is 5.04. The number of hydrogen-bond acceptors (Lipinski definition) is 6. The van der Waals surface area contributed by atoms with Gasteiger partial charge in [0.15, 0.2) is 0 Å². The molecule has 0 spiro atoms. The fourth-order valence-electron chi connectivity index (χ4n) is 3.43. The smallest absolute Gasteiger partial charge is 0.241 e. The van der Waals surface area contributed by atoms with E-state index in [1.807, 2.05) is 42.5 Å². The first-order valence-corrected chi connectivity index (χ1v) is 10.0. The zero-order chi connectivity index (χ0) is 20.1. The van der Waals surface area contributed by atoms with Crippen LogP contribution in [0.15, 0.2) is 53.2 Å². The predicted molar refractivity (Wildman–Crippen MR) is 109 cm³/mol. The number of rotatable bonds is 6. The van der Waals surface area contributed by atoms with Crippen LogP contribution in [0.1, 0.15) is 24.4 Å². The molecule has 2 aromatic heterocycles. The Morgan fingerprint density at radius 1 is 1.21 bits per heavy atom. The number of benzene rings is 1. The molecule has 3 aromatic rings. The van der Waals surface area contributed by atoms with Crippen LogP contribution in [0.3, 0.4) is 0 Å². The maximum absolute atomic E-state index is 12.4. The highest BCUT2D eigenvalue weighted by atomic mass is 35.5. The molecule has 1 aliphatic rings. The highest BCUT2D eigenvalue weighted by Crippen LogP contribution is 2.22. The Hall–Kier alpha value is -2.77. The number of likely N-dealkylation sites (tertiary alicyclic amines) is 1. The van der Waals surface area contributed by atoms with Crippen LogP contribution in [0.25, 0.3) is 11.4 Å². The first-order valence-electron chi connectivity index (χ1n) is 9.66. The second-order valence-corrected chi connectivity index (χ2v) is 7.55. The molecule has 0 atom stereocenters. The van der Waals surface area contributed by atoms with E-state index in [1.165, 1.54) is 0 Å². The minimum atomic E-state index is 0.0275. The summed E-state index contributed by atoms with van der Waals surface area (Å²) >= 11 is 6.02. The molecule has 3 heterocycles. The molecular weight excluding hydrogens is 390 g/mol. The summed E-state index contributed by atoms with van der Waals surface area (Å²) in [5.41, 5.74) is 1.70. The van der Waals surface area contributed by atoms with Crippen LogP contribution >= 0.6 is 11.6 Å². The lowest BCUT2D eigenvalue weighted by Gasteiger charge is -2.30. The van der Waals surface area contributed by atoms with Gasteiger partial charge in [-0.1, -0.05) is 35.0 Å². The highest BCUT2D eigenvalue weighted by molar-refractivity contribution is 6.30. The Balaban J connectivity index is 1.25. The fraction of sp³-hybridized carbons (Fsp3) is 0.333. The van der Waals surface area contributed by atoms with Crippen molar-refractivity contribution in [3.05, 3.63) is 65.3 Å². The summed E-state index contributed by atoms with van der Waals surface area (Å²) in [6.45, 7) is 2.68. The third-order valence-corrected chi connectivity index (χ3v) is 5.27. The molecule has 150 valence electrons. The number of aromatic nitrogens is 3. The van der Waals surface area contributed by atoms with Crippen LogP contribution in [0.2, 0.25) is 5.02 Å². The standard InChI is InChI=1S/C21H22ClN5O2/c22-17-5-3-4-16(12-17)20-25-19(29-26-20)14-27-10-7-15(8-11-27)21(28)24-13-18-6-1-2-9-23-18/h1-6,9,12,15H,7-8,10-11,13-14H2,(H,24,28). The molecule has 1 aromatic carbocycles. The summed E-state index contributed by atoms with van der Waals surface area (Å²) < 4.78 is 5.39. The first kappa shape index (κ1) is 19.5. The normalized spacial score (nSPS) is 15.3. The summed E-state index contributed by atoms with van der Waals surface area (Å²) in [6.07, 6.45) is 3.35. The Morgan fingerprint density at radius 2 is 2.07 bits per heavy atom. The number of piperidine rings is 1. The SMILES string of the molecule is O=C(NCc1ccccn1)C1CCN(Cc2nc(-c3cccc(Cl)c3)no2)CC1. The molecule has 8 heteroatoms. The van der Waals surface area contributed by atoms with Gasteiger partial charge in [0, 0.05) is 22.7 Å². The van der Waals surface area contributed by atoms with Crippen molar-refractivity contribution in [2.75, 3.05) is 13.1 Å². The number of pyridine rings is 1. The Labute approximate surface area is 174 Å². The molecule has 4 rings (SSSR count). The molecule has 0 radical (unpaired) electrons. The first-order chi connectivity index (χ1) is 14.2. The quantitative estimate of drug-likeness (QED) is 0.669. The second-order valence-electron chi connectivity index (χ2n) is 7.11. The van der Waals surface area contributed by atoms with Crippen molar-refractivity contribution in [2.24, 2.45) is 5.92 Å². The highest BCUT2D eigenvalue weighted by Gasteiger charge is 2.26. The summed E-state index contributed by atoms with van der Waals surface area (Å²) in [4.78, 5) is 23.3. The molecule has 7 nitrogen and oxygen atoms in total. The van der Waals surface area contributed by atoms with Crippen molar-refractivity contribution >= 4 is 17.5 Å². The minimum absolute atomic E-state index is 0.0275. The van der Waals surface area contributed by atoms with Gasteiger partial charge in [0.25, 0.3) is 0 Å². The third kappa shape index (κ3) is 5.19.